The van der Waals surface area contributed by atoms with Crippen LogP contribution < -0.4 is 4.90 Å². The molecule has 7 heteroatoms. The number of aliphatic carboxylic acids is 1. The summed E-state index contributed by atoms with van der Waals surface area (Å²) in [5, 5.41) is 10.3. The molecule has 1 fully saturated rings. The van der Waals surface area contributed by atoms with Gasteiger partial charge in [0.25, 0.3) is 0 Å². The van der Waals surface area contributed by atoms with Crippen LogP contribution in [0.1, 0.15) is 4.88 Å². The van der Waals surface area contributed by atoms with E-state index in [1.807, 2.05) is 17.9 Å². The second-order valence-electron chi connectivity index (χ2n) is 4.40. The lowest BCUT2D eigenvalue weighted by atomic mass is 10.2. The van der Waals surface area contributed by atoms with E-state index in [-0.39, 0.29) is 0 Å². The van der Waals surface area contributed by atoms with Crippen molar-refractivity contribution in [3.8, 4) is 0 Å². The summed E-state index contributed by atoms with van der Waals surface area (Å²) in [4.78, 5) is 23.9. The number of aryl methyl sites for hydroxylation is 1. The second kappa shape index (κ2) is 4.97. The average molecular weight is 295 g/mol. The van der Waals surface area contributed by atoms with Crippen LogP contribution in [-0.2, 0) is 4.79 Å². The third-order valence-corrected chi connectivity index (χ3v) is 5.10. The van der Waals surface area contributed by atoms with Gasteiger partial charge in [-0.1, -0.05) is 0 Å². The van der Waals surface area contributed by atoms with Crippen molar-refractivity contribution < 1.29 is 9.90 Å². The molecule has 3 rings (SSSR count). The lowest BCUT2D eigenvalue weighted by Crippen LogP contribution is -2.47. The van der Waals surface area contributed by atoms with Gasteiger partial charge in [-0.05, 0) is 13.0 Å². The molecule has 1 atom stereocenters. The van der Waals surface area contributed by atoms with E-state index in [1.165, 1.54) is 6.33 Å². The highest BCUT2D eigenvalue weighted by atomic mass is 32.2. The highest BCUT2D eigenvalue weighted by Gasteiger charge is 2.31. The van der Waals surface area contributed by atoms with E-state index in [4.69, 9.17) is 0 Å². The molecule has 2 aromatic rings. The van der Waals surface area contributed by atoms with Gasteiger partial charge >= 0.3 is 5.97 Å². The molecule has 1 unspecified atom stereocenters. The van der Waals surface area contributed by atoms with Gasteiger partial charge in [0, 0.05) is 22.9 Å². The molecule has 2 aromatic heterocycles. The van der Waals surface area contributed by atoms with Gasteiger partial charge in [0.1, 0.15) is 23.0 Å². The number of carboxylic acid groups (broad SMARTS) is 1. The van der Waals surface area contributed by atoms with E-state index in [2.05, 4.69) is 9.97 Å². The van der Waals surface area contributed by atoms with Crippen molar-refractivity contribution in [2.45, 2.75) is 13.0 Å². The van der Waals surface area contributed by atoms with Crippen LogP contribution in [0.2, 0.25) is 0 Å². The largest absolute Gasteiger partial charge is 0.480 e. The number of carbonyl (C=O) groups is 1. The Bertz CT molecular complexity index is 628. The van der Waals surface area contributed by atoms with Gasteiger partial charge in [-0.2, -0.15) is 11.8 Å². The Morgan fingerprint density at radius 1 is 1.53 bits per heavy atom. The van der Waals surface area contributed by atoms with E-state index in [1.54, 1.807) is 23.1 Å². The van der Waals surface area contributed by atoms with Crippen LogP contribution in [-0.4, -0.2) is 45.1 Å². The number of nitrogens with zero attached hydrogens (tertiary/aromatic N) is 3. The summed E-state index contributed by atoms with van der Waals surface area (Å²) in [6.07, 6.45) is 1.52. The Kier molecular flexibility index (Phi) is 3.32. The third-order valence-electron chi connectivity index (χ3n) is 3.12. The molecule has 0 amide bonds. The van der Waals surface area contributed by atoms with E-state index in [9.17, 15) is 9.90 Å². The quantitative estimate of drug-likeness (QED) is 0.914. The van der Waals surface area contributed by atoms with Crippen molar-refractivity contribution in [1.29, 1.82) is 0 Å². The van der Waals surface area contributed by atoms with Gasteiger partial charge in [0.2, 0.25) is 0 Å². The first kappa shape index (κ1) is 12.7. The number of fused-ring (bicyclic) bond motifs is 1. The summed E-state index contributed by atoms with van der Waals surface area (Å²) >= 11 is 3.29. The predicted octanol–water partition coefficient (Wildman–Crippen LogP) is 2.01. The molecule has 0 radical (unpaired) electrons. The lowest BCUT2D eigenvalue weighted by molar-refractivity contribution is -0.138. The highest BCUT2D eigenvalue weighted by Crippen LogP contribution is 2.32. The molecule has 0 bridgehead atoms. The lowest BCUT2D eigenvalue weighted by Gasteiger charge is -2.33. The van der Waals surface area contributed by atoms with Crippen molar-refractivity contribution >= 4 is 45.1 Å². The van der Waals surface area contributed by atoms with Gasteiger partial charge in [0.05, 0.1) is 5.39 Å². The van der Waals surface area contributed by atoms with Crippen LogP contribution in [0.15, 0.2) is 12.4 Å². The Labute approximate surface area is 118 Å². The van der Waals surface area contributed by atoms with Gasteiger partial charge in [-0.3, -0.25) is 0 Å². The van der Waals surface area contributed by atoms with Crippen LogP contribution in [0.25, 0.3) is 10.2 Å². The fourth-order valence-corrected chi connectivity index (χ4v) is 4.13. The van der Waals surface area contributed by atoms with E-state index < -0.39 is 12.0 Å². The van der Waals surface area contributed by atoms with Crippen LogP contribution in [0.3, 0.4) is 0 Å². The molecule has 1 aliphatic heterocycles. The van der Waals surface area contributed by atoms with Crippen molar-refractivity contribution in [2.75, 3.05) is 23.0 Å². The zero-order chi connectivity index (χ0) is 13.4. The monoisotopic (exact) mass is 295 g/mol. The minimum atomic E-state index is -0.786. The predicted molar refractivity (Wildman–Crippen MR) is 78.2 cm³/mol. The molecule has 5 nitrogen and oxygen atoms in total. The molecule has 1 aliphatic rings. The standard InChI is InChI=1S/C12H13N3O2S2/c1-7-4-8-10(13-6-14-11(8)19-7)15-2-3-18-5-9(15)12(16)17/h4,6,9H,2-3,5H2,1H3,(H,16,17). The van der Waals surface area contributed by atoms with Crippen LogP contribution in [0.4, 0.5) is 5.82 Å². The number of rotatable bonds is 2. The van der Waals surface area contributed by atoms with E-state index >= 15 is 0 Å². The Morgan fingerprint density at radius 2 is 2.37 bits per heavy atom. The molecular weight excluding hydrogens is 282 g/mol. The van der Waals surface area contributed by atoms with Crippen molar-refractivity contribution in [3.05, 3.63) is 17.3 Å². The van der Waals surface area contributed by atoms with E-state index in [0.717, 1.165) is 26.7 Å². The summed E-state index contributed by atoms with van der Waals surface area (Å²) in [6, 6.07) is 1.53. The van der Waals surface area contributed by atoms with Crippen LogP contribution in [0, 0.1) is 6.92 Å². The van der Waals surface area contributed by atoms with E-state index in [0.29, 0.717) is 12.3 Å². The minimum absolute atomic E-state index is 0.503. The normalized spacial score (nSPS) is 19.8. The average Bonchev–Trinajstić information content (AvgIpc) is 2.78. The van der Waals surface area contributed by atoms with Gasteiger partial charge < -0.3 is 10.0 Å². The van der Waals surface area contributed by atoms with Gasteiger partial charge in [0.15, 0.2) is 0 Å². The van der Waals surface area contributed by atoms with Gasteiger partial charge in [-0.15, -0.1) is 11.3 Å². The number of hydrogen-bond acceptors (Lipinski definition) is 6. The molecule has 0 aliphatic carbocycles. The molecule has 1 saturated heterocycles. The molecular formula is C12H13N3O2S2. The SMILES string of the molecule is Cc1cc2c(N3CCSCC3C(=O)O)ncnc2s1. The summed E-state index contributed by atoms with van der Waals surface area (Å²) in [5.41, 5.74) is 0. The maximum Gasteiger partial charge on any atom is 0.327 e. The molecule has 3 heterocycles. The maximum absolute atomic E-state index is 11.4. The summed E-state index contributed by atoms with van der Waals surface area (Å²) < 4.78 is 0. The van der Waals surface area contributed by atoms with Crippen LogP contribution in [0.5, 0.6) is 0 Å². The summed E-state index contributed by atoms with van der Waals surface area (Å²) in [5.74, 6) is 1.50. The number of carboxylic acids is 1. The number of aromatic nitrogens is 2. The number of anilines is 1. The number of hydrogen-bond donors (Lipinski definition) is 1. The van der Waals surface area contributed by atoms with Crippen molar-refractivity contribution in [1.82, 2.24) is 9.97 Å². The third kappa shape index (κ3) is 2.28. The first-order valence-electron chi connectivity index (χ1n) is 5.95. The Balaban J connectivity index is 2.09. The minimum Gasteiger partial charge on any atom is -0.480 e. The zero-order valence-electron chi connectivity index (χ0n) is 10.4. The molecule has 0 aromatic carbocycles. The number of thioether (sulfide) groups is 1. The van der Waals surface area contributed by atoms with Crippen LogP contribution >= 0.6 is 23.1 Å². The topological polar surface area (TPSA) is 66.3 Å². The fraction of sp³-hybridized carbons (Fsp3) is 0.417. The summed E-state index contributed by atoms with van der Waals surface area (Å²) in [6.45, 7) is 2.74. The summed E-state index contributed by atoms with van der Waals surface area (Å²) in [7, 11) is 0. The van der Waals surface area contributed by atoms with Crippen molar-refractivity contribution in [3.63, 3.8) is 0 Å². The Morgan fingerprint density at radius 3 is 3.16 bits per heavy atom. The first-order valence-corrected chi connectivity index (χ1v) is 7.92. The molecule has 19 heavy (non-hydrogen) atoms. The molecule has 1 N–H and O–H groups in total. The fourth-order valence-electron chi connectivity index (χ4n) is 2.25. The molecule has 100 valence electrons. The highest BCUT2D eigenvalue weighted by molar-refractivity contribution is 7.99. The Hall–Kier alpha value is -1.34. The van der Waals surface area contributed by atoms with Crippen molar-refractivity contribution in [2.24, 2.45) is 0 Å². The number of thiophene rings is 1. The smallest absolute Gasteiger partial charge is 0.327 e. The molecule has 0 spiro atoms. The first-order chi connectivity index (χ1) is 9.16. The van der Waals surface area contributed by atoms with Gasteiger partial charge in [-0.25, -0.2) is 14.8 Å². The zero-order valence-corrected chi connectivity index (χ0v) is 12.0. The maximum atomic E-state index is 11.4. The second-order valence-corrected chi connectivity index (χ2v) is 6.78. The molecule has 0 saturated carbocycles.